The molecule has 0 bridgehead atoms. The SMILES string of the molecule is c1ccc(-n2c3ccccc3c3ccc4c(c5ccccc5n4COc4cncnc4)c32)cc1. The van der Waals surface area contributed by atoms with Crippen LogP contribution in [0.5, 0.6) is 5.75 Å². The third-order valence-electron chi connectivity index (χ3n) is 6.48. The second kappa shape index (κ2) is 7.46. The van der Waals surface area contributed by atoms with Gasteiger partial charge in [-0.25, -0.2) is 9.97 Å². The summed E-state index contributed by atoms with van der Waals surface area (Å²) < 4.78 is 10.7. The lowest BCUT2D eigenvalue weighted by Crippen LogP contribution is -2.05. The summed E-state index contributed by atoms with van der Waals surface area (Å²) in [4.78, 5) is 8.14. The van der Waals surface area contributed by atoms with Crippen molar-refractivity contribution in [2.45, 2.75) is 6.73 Å². The molecule has 162 valence electrons. The first-order chi connectivity index (χ1) is 16.9. The minimum Gasteiger partial charge on any atom is -0.470 e. The average Bonchev–Trinajstić information content (AvgIpc) is 3.41. The number of ether oxygens (including phenoxy) is 1. The summed E-state index contributed by atoms with van der Waals surface area (Å²) in [6.45, 7) is 0.370. The van der Waals surface area contributed by atoms with E-state index >= 15 is 0 Å². The lowest BCUT2D eigenvalue weighted by Gasteiger charge is -2.10. The topological polar surface area (TPSA) is 44.9 Å². The van der Waals surface area contributed by atoms with Crippen LogP contribution in [-0.4, -0.2) is 19.1 Å². The van der Waals surface area contributed by atoms with Crippen LogP contribution in [0.1, 0.15) is 0 Å². The summed E-state index contributed by atoms with van der Waals surface area (Å²) in [7, 11) is 0. The van der Waals surface area contributed by atoms with Crippen LogP contribution < -0.4 is 4.74 Å². The molecule has 0 spiro atoms. The van der Waals surface area contributed by atoms with E-state index in [9.17, 15) is 0 Å². The molecule has 34 heavy (non-hydrogen) atoms. The highest BCUT2D eigenvalue weighted by Crippen LogP contribution is 2.40. The van der Waals surface area contributed by atoms with Crippen LogP contribution in [0.15, 0.2) is 110 Å². The van der Waals surface area contributed by atoms with Gasteiger partial charge in [-0.15, -0.1) is 0 Å². The minimum atomic E-state index is 0.370. The van der Waals surface area contributed by atoms with E-state index in [0.717, 1.165) is 16.7 Å². The fraction of sp³-hybridized carbons (Fsp3) is 0.0345. The van der Waals surface area contributed by atoms with E-state index in [-0.39, 0.29) is 0 Å². The van der Waals surface area contributed by atoms with Crippen molar-refractivity contribution in [2.24, 2.45) is 0 Å². The van der Waals surface area contributed by atoms with Gasteiger partial charge in [0.1, 0.15) is 6.33 Å². The third-order valence-corrected chi connectivity index (χ3v) is 6.48. The molecule has 3 heterocycles. The Labute approximate surface area is 195 Å². The zero-order chi connectivity index (χ0) is 22.5. The molecular weight excluding hydrogens is 420 g/mol. The molecule has 0 unspecified atom stereocenters. The van der Waals surface area contributed by atoms with Gasteiger partial charge in [0.2, 0.25) is 0 Å². The maximum absolute atomic E-state index is 6.08. The van der Waals surface area contributed by atoms with Crippen molar-refractivity contribution in [1.29, 1.82) is 0 Å². The molecule has 7 aromatic rings. The molecule has 5 nitrogen and oxygen atoms in total. The summed E-state index contributed by atoms with van der Waals surface area (Å²) in [5.41, 5.74) is 5.82. The molecule has 0 N–H and O–H groups in total. The molecule has 3 aromatic heterocycles. The van der Waals surface area contributed by atoms with Crippen molar-refractivity contribution in [3.05, 3.63) is 110 Å². The first-order valence-electron chi connectivity index (χ1n) is 11.3. The van der Waals surface area contributed by atoms with Gasteiger partial charge in [-0.05, 0) is 30.3 Å². The van der Waals surface area contributed by atoms with Crippen LogP contribution in [0.2, 0.25) is 0 Å². The molecule has 0 fully saturated rings. The Bertz CT molecular complexity index is 1800. The van der Waals surface area contributed by atoms with E-state index in [1.54, 1.807) is 12.4 Å². The second-order valence-electron chi connectivity index (χ2n) is 8.34. The van der Waals surface area contributed by atoms with Gasteiger partial charge < -0.3 is 13.9 Å². The summed E-state index contributed by atoms with van der Waals surface area (Å²) in [6.07, 6.45) is 4.88. The molecule has 5 heteroatoms. The Hall–Kier alpha value is -4.64. The normalized spacial score (nSPS) is 11.6. The lowest BCUT2D eigenvalue weighted by atomic mass is 10.1. The van der Waals surface area contributed by atoms with Crippen molar-refractivity contribution >= 4 is 43.6 Å². The van der Waals surface area contributed by atoms with E-state index in [2.05, 4.69) is 110 Å². The summed E-state index contributed by atoms with van der Waals surface area (Å²) in [5.74, 6) is 0.646. The molecule has 0 saturated heterocycles. The Kier molecular flexibility index (Phi) is 4.14. The fourth-order valence-electron chi connectivity index (χ4n) is 5.07. The number of nitrogens with zero attached hydrogens (tertiary/aromatic N) is 4. The number of benzene rings is 4. The molecule has 7 rings (SSSR count). The molecular formula is C29H20N4O. The Morgan fingerprint density at radius 3 is 2.15 bits per heavy atom. The highest BCUT2D eigenvalue weighted by atomic mass is 16.5. The molecule has 0 aliphatic rings. The Balaban J connectivity index is 1.59. The predicted octanol–water partition coefficient (Wildman–Crippen LogP) is 6.72. The van der Waals surface area contributed by atoms with Gasteiger partial charge in [-0.2, -0.15) is 0 Å². The molecule has 0 atom stereocenters. The first kappa shape index (κ1) is 18.9. The van der Waals surface area contributed by atoms with Gasteiger partial charge in [0.15, 0.2) is 12.5 Å². The highest BCUT2D eigenvalue weighted by Gasteiger charge is 2.19. The van der Waals surface area contributed by atoms with Gasteiger partial charge in [0.05, 0.1) is 34.5 Å². The van der Waals surface area contributed by atoms with Gasteiger partial charge in [-0.1, -0.05) is 60.7 Å². The standard InChI is InChI=1S/C29H20N4O/c1-2-8-20(9-3-1)33-26-13-7-4-10-22(26)23-14-15-27-28(29(23)33)24-11-5-6-12-25(24)32(27)19-34-21-16-30-18-31-17-21/h1-18H,19H2. The van der Waals surface area contributed by atoms with Crippen molar-refractivity contribution in [2.75, 3.05) is 0 Å². The summed E-state index contributed by atoms with van der Waals surface area (Å²) in [6, 6.07) is 32.2. The smallest absolute Gasteiger partial charge is 0.165 e. The van der Waals surface area contributed by atoms with Crippen LogP contribution in [0, 0.1) is 0 Å². The molecule has 4 aromatic carbocycles. The minimum absolute atomic E-state index is 0.370. The first-order valence-corrected chi connectivity index (χ1v) is 11.3. The van der Waals surface area contributed by atoms with Crippen LogP contribution in [-0.2, 0) is 6.73 Å². The molecule has 0 radical (unpaired) electrons. The van der Waals surface area contributed by atoms with Crippen molar-refractivity contribution < 1.29 is 4.74 Å². The number of rotatable bonds is 4. The van der Waals surface area contributed by atoms with E-state index in [0.29, 0.717) is 12.5 Å². The zero-order valence-electron chi connectivity index (χ0n) is 18.3. The largest absolute Gasteiger partial charge is 0.470 e. The monoisotopic (exact) mass is 440 g/mol. The predicted molar refractivity (Wildman–Crippen MR) is 136 cm³/mol. The van der Waals surface area contributed by atoms with Gasteiger partial charge >= 0.3 is 0 Å². The van der Waals surface area contributed by atoms with Crippen molar-refractivity contribution in [3.63, 3.8) is 0 Å². The maximum Gasteiger partial charge on any atom is 0.165 e. The molecule has 0 aliphatic heterocycles. The molecule has 0 saturated carbocycles. The highest BCUT2D eigenvalue weighted by molar-refractivity contribution is 6.25. The fourth-order valence-corrected chi connectivity index (χ4v) is 5.07. The number of aromatic nitrogens is 4. The Morgan fingerprint density at radius 1 is 0.618 bits per heavy atom. The van der Waals surface area contributed by atoms with Gasteiger partial charge in [0.25, 0.3) is 0 Å². The van der Waals surface area contributed by atoms with Gasteiger partial charge in [-0.3, -0.25) is 0 Å². The maximum atomic E-state index is 6.08. The van der Waals surface area contributed by atoms with E-state index in [4.69, 9.17) is 4.74 Å². The number of hydrogen-bond acceptors (Lipinski definition) is 3. The van der Waals surface area contributed by atoms with Crippen LogP contribution in [0.25, 0.3) is 49.3 Å². The third kappa shape index (κ3) is 2.74. The summed E-state index contributed by atoms with van der Waals surface area (Å²) >= 11 is 0. The van der Waals surface area contributed by atoms with Crippen molar-refractivity contribution in [1.82, 2.24) is 19.1 Å². The lowest BCUT2D eigenvalue weighted by molar-refractivity contribution is 0.244. The van der Waals surface area contributed by atoms with E-state index < -0.39 is 0 Å². The number of para-hydroxylation sites is 3. The van der Waals surface area contributed by atoms with E-state index in [1.165, 1.54) is 38.9 Å². The Morgan fingerprint density at radius 2 is 1.32 bits per heavy atom. The summed E-state index contributed by atoms with van der Waals surface area (Å²) in [5, 5.41) is 4.92. The molecule has 0 aliphatic carbocycles. The quantitative estimate of drug-likeness (QED) is 0.305. The van der Waals surface area contributed by atoms with Crippen LogP contribution in [0.3, 0.4) is 0 Å². The van der Waals surface area contributed by atoms with Crippen molar-refractivity contribution in [3.8, 4) is 11.4 Å². The molecule has 0 amide bonds. The van der Waals surface area contributed by atoms with Crippen LogP contribution >= 0.6 is 0 Å². The van der Waals surface area contributed by atoms with E-state index in [1.807, 2.05) is 0 Å². The van der Waals surface area contributed by atoms with Crippen LogP contribution in [0.4, 0.5) is 0 Å². The average molecular weight is 441 g/mol. The zero-order valence-corrected chi connectivity index (χ0v) is 18.3. The number of hydrogen-bond donors (Lipinski definition) is 0. The number of fused-ring (bicyclic) bond motifs is 7. The second-order valence-corrected chi connectivity index (χ2v) is 8.34. The van der Waals surface area contributed by atoms with Gasteiger partial charge in [0, 0.05) is 27.2 Å².